The molecule has 0 aliphatic carbocycles. The van der Waals surface area contributed by atoms with Crippen molar-refractivity contribution in [3.8, 4) is 11.6 Å². The molecule has 2 heterocycles. The van der Waals surface area contributed by atoms with Crippen molar-refractivity contribution < 1.29 is 4.74 Å². The molecular formula is C13H16N4O. The summed E-state index contributed by atoms with van der Waals surface area (Å²) in [6.07, 6.45) is 3.92. The first-order valence-corrected chi connectivity index (χ1v) is 6.30. The minimum absolute atomic E-state index is 0.679. The van der Waals surface area contributed by atoms with Crippen molar-refractivity contribution in [3.05, 3.63) is 30.0 Å². The largest absolute Gasteiger partial charge is 0.435 e. The first-order chi connectivity index (χ1) is 8.88. The highest BCUT2D eigenvalue weighted by Gasteiger charge is 2.15. The predicted octanol–water partition coefficient (Wildman–Crippen LogP) is 2.45. The Bertz CT molecular complexity index is 550. The van der Waals surface area contributed by atoms with Crippen LogP contribution in [-0.2, 0) is 13.0 Å². The van der Waals surface area contributed by atoms with Gasteiger partial charge in [-0.1, -0.05) is 17.3 Å². The molecular weight excluding hydrogens is 228 g/mol. The number of fused-ring (bicyclic) bond motifs is 1. The Kier molecular flexibility index (Phi) is 2.88. The van der Waals surface area contributed by atoms with Crippen molar-refractivity contribution in [1.82, 2.24) is 15.0 Å². The molecule has 1 aromatic heterocycles. The Hall–Kier alpha value is -2.04. The fourth-order valence-electron chi connectivity index (χ4n) is 2.22. The molecule has 0 bridgehead atoms. The van der Waals surface area contributed by atoms with Gasteiger partial charge in [0.2, 0.25) is 5.88 Å². The summed E-state index contributed by atoms with van der Waals surface area (Å²) in [5.41, 5.74) is 2.42. The first kappa shape index (κ1) is 11.1. The van der Waals surface area contributed by atoms with E-state index in [2.05, 4.69) is 21.7 Å². The third kappa shape index (κ3) is 1.92. The molecule has 1 aliphatic rings. The number of hydrogen-bond acceptors (Lipinski definition) is 4. The standard InChI is InChI=1S/C13H16N4O/c1-2-17-12(9-15-16-17)18-11-7-3-5-10-6-4-8-14-13(10)11/h3,5,7,9,14H,2,4,6,8H2,1H3. The van der Waals surface area contributed by atoms with Gasteiger partial charge in [0, 0.05) is 13.1 Å². The van der Waals surface area contributed by atoms with Crippen LogP contribution in [0.4, 0.5) is 5.69 Å². The zero-order chi connectivity index (χ0) is 12.4. The molecule has 18 heavy (non-hydrogen) atoms. The maximum atomic E-state index is 5.91. The summed E-state index contributed by atoms with van der Waals surface area (Å²) in [6, 6.07) is 6.15. The molecule has 94 valence electrons. The quantitative estimate of drug-likeness (QED) is 0.901. The van der Waals surface area contributed by atoms with Crippen LogP contribution in [0.1, 0.15) is 18.9 Å². The van der Waals surface area contributed by atoms with E-state index in [1.54, 1.807) is 10.9 Å². The molecule has 0 spiro atoms. The molecule has 0 amide bonds. The lowest BCUT2D eigenvalue weighted by Crippen LogP contribution is -2.12. The molecule has 0 saturated carbocycles. The smallest absolute Gasteiger partial charge is 0.238 e. The van der Waals surface area contributed by atoms with Crippen LogP contribution < -0.4 is 10.1 Å². The molecule has 1 N–H and O–H groups in total. The monoisotopic (exact) mass is 244 g/mol. The molecule has 0 fully saturated rings. The summed E-state index contributed by atoms with van der Waals surface area (Å²) in [5.74, 6) is 1.53. The Morgan fingerprint density at radius 1 is 1.44 bits per heavy atom. The third-order valence-electron chi connectivity index (χ3n) is 3.13. The summed E-state index contributed by atoms with van der Waals surface area (Å²) in [6.45, 7) is 3.76. The van der Waals surface area contributed by atoms with Gasteiger partial charge in [-0.05, 0) is 31.4 Å². The van der Waals surface area contributed by atoms with Crippen LogP contribution in [0.15, 0.2) is 24.4 Å². The van der Waals surface area contributed by atoms with E-state index in [1.807, 2.05) is 19.1 Å². The topological polar surface area (TPSA) is 52.0 Å². The predicted molar refractivity (Wildman–Crippen MR) is 69.0 cm³/mol. The number of benzene rings is 1. The lowest BCUT2D eigenvalue weighted by atomic mass is 10.0. The highest BCUT2D eigenvalue weighted by Crippen LogP contribution is 2.34. The molecule has 0 saturated heterocycles. The van der Waals surface area contributed by atoms with Crippen molar-refractivity contribution in [3.63, 3.8) is 0 Å². The molecule has 0 atom stereocenters. The average Bonchev–Trinajstić information content (AvgIpc) is 2.86. The van der Waals surface area contributed by atoms with E-state index in [1.165, 1.54) is 12.0 Å². The van der Waals surface area contributed by atoms with Gasteiger partial charge in [-0.25, -0.2) is 4.68 Å². The molecule has 3 rings (SSSR count). The van der Waals surface area contributed by atoms with Crippen LogP contribution in [0, 0.1) is 0 Å². The van der Waals surface area contributed by atoms with Crippen LogP contribution in [0.25, 0.3) is 0 Å². The van der Waals surface area contributed by atoms with Crippen molar-refractivity contribution in [2.24, 2.45) is 0 Å². The molecule has 0 unspecified atom stereocenters. The summed E-state index contributed by atoms with van der Waals surface area (Å²) >= 11 is 0. The van der Waals surface area contributed by atoms with Crippen LogP contribution in [-0.4, -0.2) is 21.5 Å². The number of rotatable bonds is 3. The zero-order valence-corrected chi connectivity index (χ0v) is 10.4. The molecule has 5 heteroatoms. The van der Waals surface area contributed by atoms with E-state index in [9.17, 15) is 0 Å². The lowest BCUT2D eigenvalue weighted by molar-refractivity contribution is 0.416. The average molecular weight is 244 g/mol. The SMILES string of the molecule is CCn1nncc1Oc1cccc2c1NCCC2. The van der Waals surface area contributed by atoms with Crippen molar-refractivity contribution >= 4 is 5.69 Å². The maximum Gasteiger partial charge on any atom is 0.238 e. The van der Waals surface area contributed by atoms with Crippen LogP contribution >= 0.6 is 0 Å². The number of aromatic nitrogens is 3. The van der Waals surface area contributed by atoms with Crippen molar-refractivity contribution in [1.29, 1.82) is 0 Å². The number of hydrogen-bond donors (Lipinski definition) is 1. The molecule has 1 aromatic carbocycles. The highest BCUT2D eigenvalue weighted by atomic mass is 16.5. The number of nitrogens with zero attached hydrogens (tertiary/aromatic N) is 3. The fourth-order valence-corrected chi connectivity index (χ4v) is 2.22. The van der Waals surface area contributed by atoms with Crippen LogP contribution in [0.2, 0.25) is 0 Å². The van der Waals surface area contributed by atoms with E-state index in [0.29, 0.717) is 5.88 Å². The Balaban J connectivity index is 1.93. The number of anilines is 1. The minimum atomic E-state index is 0.679. The number of ether oxygens (including phenoxy) is 1. The van der Waals surface area contributed by atoms with Gasteiger partial charge < -0.3 is 10.1 Å². The van der Waals surface area contributed by atoms with Gasteiger partial charge in [0.1, 0.15) is 6.20 Å². The van der Waals surface area contributed by atoms with Crippen LogP contribution in [0.5, 0.6) is 11.6 Å². The van der Waals surface area contributed by atoms with E-state index in [0.717, 1.165) is 30.9 Å². The molecule has 1 aliphatic heterocycles. The molecule has 0 radical (unpaired) electrons. The van der Waals surface area contributed by atoms with Gasteiger partial charge in [-0.3, -0.25) is 0 Å². The van der Waals surface area contributed by atoms with Crippen molar-refractivity contribution in [2.75, 3.05) is 11.9 Å². The Morgan fingerprint density at radius 3 is 3.28 bits per heavy atom. The first-order valence-electron chi connectivity index (χ1n) is 6.30. The summed E-state index contributed by atoms with van der Waals surface area (Å²) < 4.78 is 7.65. The highest BCUT2D eigenvalue weighted by molar-refractivity contribution is 5.63. The Morgan fingerprint density at radius 2 is 2.39 bits per heavy atom. The van der Waals surface area contributed by atoms with E-state index in [4.69, 9.17) is 4.74 Å². The van der Waals surface area contributed by atoms with Gasteiger partial charge in [-0.2, -0.15) is 0 Å². The van der Waals surface area contributed by atoms with E-state index >= 15 is 0 Å². The van der Waals surface area contributed by atoms with Gasteiger partial charge in [0.25, 0.3) is 0 Å². The van der Waals surface area contributed by atoms with Gasteiger partial charge in [0.05, 0.1) is 5.69 Å². The second-order valence-electron chi connectivity index (χ2n) is 4.31. The molecule has 5 nitrogen and oxygen atoms in total. The second-order valence-corrected chi connectivity index (χ2v) is 4.31. The fraction of sp³-hybridized carbons (Fsp3) is 0.385. The zero-order valence-electron chi connectivity index (χ0n) is 10.4. The lowest BCUT2D eigenvalue weighted by Gasteiger charge is -2.20. The van der Waals surface area contributed by atoms with Crippen molar-refractivity contribution in [2.45, 2.75) is 26.3 Å². The maximum absolute atomic E-state index is 5.91. The van der Waals surface area contributed by atoms with Gasteiger partial charge in [-0.15, -0.1) is 5.10 Å². The summed E-state index contributed by atoms with van der Waals surface area (Å²) in [4.78, 5) is 0. The number of nitrogens with one attached hydrogen (secondary N) is 1. The van der Waals surface area contributed by atoms with E-state index in [-0.39, 0.29) is 0 Å². The van der Waals surface area contributed by atoms with E-state index < -0.39 is 0 Å². The minimum Gasteiger partial charge on any atom is -0.435 e. The normalized spacial score (nSPS) is 13.8. The van der Waals surface area contributed by atoms with Crippen LogP contribution in [0.3, 0.4) is 0 Å². The van der Waals surface area contributed by atoms with Gasteiger partial charge in [0.15, 0.2) is 5.75 Å². The number of para-hydroxylation sites is 1. The summed E-state index contributed by atoms with van der Waals surface area (Å²) in [5, 5.41) is 11.2. The number of aryl methyl sites for hydroxylation is 2. The molecule has 2 aromatic rings. The summed E-state index contributed by atoms with van der Waals surface area (Å²) in [7, 11) is 0. The van der Waals surface area contributed by atoms with Gasteiger partial charge >= 0.3 is 0 Å². The Labute approximate surface area is 106 Å². The third-order valence-corrected chi connectivity index (χ3v) is 3.13. The second kappa shape index (κ2) is 4.68.